The lowest BCUT2D eigenvalue weighted by atomic mass is 10.1. The van der Waals surface area contributed by atoms with Gasteiger partial charge in [0, 0.05) is 22.7 Å². The highest BCUT2D eigenvalue weighted by Gasteiger charge is 2.16. The Kier molecular flexibility index (Phi) is 4.49. The highest BCUT2D eigenvalue weighted by Crippen LogP contribution is 2.27. The van der Waals surface area contributed by atoms with Gasteiger partial charge in [0.05, 0.1) is 35.4 Å². The largest absolute Gasteiger partial charge is 0.394 e. The number of benzene rings is 2. The van der Waals surface area contributed by atoms with Crippen LogP contribution in [0.15, 0.2) is 61.2 Å². The molecule has 3 heterocycles. The molecule has 9 heteroatoms. The standard InChI is InChI=1S/C21H16FN7O/c22-16-4-2-1-3-14(16)18(10-30)28-21-23-8-13-7-12(5-6-17(13)27-21)19-15-9-26-29-20(15)25-11-24-19/h1-9,11,18,30H,10H2,(H,23,27,28)(H,24,25,26,29). The molecule has 3 aromatic heterocycles. The van der Waals surface area contributed by atoms with Gasteiger partial charge in [0.1, 0.15) is 12.1 Å². The number of aliphatic hydroxyl groups excluding tert-OH is 1. The van der Waals surface area contributed by atoms with Crippen LogP contribution in [0.3, 0.4) is 0 Å². The number of fused-ring (bicyclic) bond motifs is 2. The summed E-state index contributed by atoms with van der Waals surface area (Å²) in [5, 5.41) is 21.2. The van der Waals surface area contributed by atoms with Crippen LogP contribution in [-0.2, 0) is 0 Å². The number of aromatic nitrogens is 6. The van der Waals surface area contributed by atoms with Crippen molar-refractivity contribution < 1.29 is 9.50 Å². The Morgan fingerprint density at radius 3 is 2.83 bits per heavy atom. The highest BCUT2D eigenvalue weighted by atomic mass is 19.1. The van der Waals surface area contributed by atoms with Crippen LogP contribution in [0.4, 0.5) is 10.3 Å². The van der Waals surface area contributed by atoms with Crippen molar-refractivity contribution in [1.82, 2.24) is 30.1 Å². The summed E-state index contributed by atoms with van der Waals surface area (Å²) in [6.07, 6.45) is 4.86. The second kappa shape index (κ2) is 7.45. The molecule has 0 aliphatic rings. The van der Waals surface area contributed by atoms with Gasteiger partial charge in [-0.3, -0.25) is 5.10 Å². The summed E-state index contributed by atoms with van der Waals surface area (Å²) in [6.45, 7) is -0.296. The first kappa shape index (κ1) is 18.1. The van der Waals surface area contributed by atoms with Crippen molar-refractivity contribution in [2.75, 3.05) is 11.9 Å². The van der Waals surface area contributed by atoms with E-state index in [1.807, 2.05) is 18.2 Å². The Labute approximate surface area is 169 Å². The van der Waals surface area contributed by atoms with Crippen molar-refractivity contribution in [3.8, 4) is 11.3 Å². The van der Waals surface area contributed by atoms with Gasteiger partial charge in [0.15, 0.2) is 5.65 Å². The van der Waals surface area contributed by atoms with Crippen molar-refractivity contribution in [1.29, 1.82) is 0 Å². The number of aliphatic hydroxyl groups is 1. The average molecular weight is 401 g/mol. The summed E-state index contributed by atoms with van der Waals surface area (Å²) < 4.78 is 14.1. The molecule has 0 spiro atoms. The average Bonchev–Trinajstić information content (AvgIpc) is 3.27. The van der Waals surface area contributed by atoms with E-state index in [9.17, 15) is 9.50 Å². The fraction of sp³-hybridized carbons (Fsp3) is 0.0952. The van der Waals surface area contributed by atoms with Crippen molar-refractivity contribution in [3.63, 3.8) is 0 Å². The van der Waals surface area contributed by atoms with Crippen LogP contribution >= 0.6 is 0 Å². The van der Waals surface area contributed by atoms with E-state index >= 15 is 0 Å². The molecular weight excluding hydrogens is 385 g/mol. The quantitative estimate of drug-likeness (QED) is 0.414. The maximum Gasteiger partial charge on any atom is 0.223 e. The summed E-state index contributed by atoms with van der Waals surface area (Å²) in [7, 11) is 0. The summed E-state index contributed by atoms with van der Waals surface area (Å²) in [5.41, 5.74) is 3.38. The number of nitrogens with one attached hydrogen (secondary N) is 2. The summed E-state index contributed by atoms with van der Waals surface area (Å²) in [4.78, 5) is 17.4. The Morgan fingerprint density at radius 1 is 1.07 bits per heavy atom. The van der Waals surface area contributed by atoms with Crippen LogP contribution in [0.1, 0.15) is 11.6 Å². The van der Waals surface area contributed by atoms with Crippen LogP contribution in [-0.4, -0.2) is 41.8 Å². The molecule has 3 N–H and O–H groups in total. The molecule has 5 rings (SSSR count). The molecule has 2 aromatic carbocycles. The van der Waals surface area contributed by atoms with Gasteiger partial charge in [-0.05, 0) is 18.2 Å². The van der Waals surface area contributed by atoms with Crippen molar-refractivity contribution in [2.24, 2.45) is 0 Å². The molecule has 148 valence electrons. The molecule has 0 aliphatic carbocycles. The predicted octanol–water partition coefficient (Wildman–Crippen LogP) is 3.25. The van der Waals surface area contributed by atoms with E-state index in [-0.39, 0.29) is 6.61 Å². The maximum absolute atomic E-state index is 14.1. The van der Waals surface area contributed by atoms with Gasteiger partial charge in [0.25, 0.3) is 0 Å². The van der Waals surface area contributed by atoms with Crippen molar-refractivity contribution in [3.05, 3.63) is 72.6 Å². The van der Waals surface area contributed by atoms with Gasteiger partial charge in [-0.1, -0.05) is 24.3 Å². The third kappa shape index (κ3) is 3.20. The smallest absolute Gasteiger partial charge is 0.223 e. The SMILES string of the molecule is OCC(Nc1ncc2cc(-c3ncnc4[nH]ncc34)ccc2n1)c1ccccc1F. The third-order valence-electron chi connectivity index (χ3n) is 4.87. The molecule has 0 saturated carbocycles. The minimum absolute atomic E-state index is 0.296. The maximum atomic E-state index is 14.1. The first-order valence-corrected chi connectivity index (χ1v) is 9.26. The van der Waals surface area contributed by atoms with E-state index in [1.54, 1.807) is 30.6 Å². The molecule has 0 amide bonds. The topological polar surface area (TPSA) is 112 Å². The highest BCUT2D eigenvalue weighted by molar-refractivity contribution is 5.93. The van der Waals surface area contributed by atoms with E-state index < -0.39 is 11.9 Å². The van der Waals surface area contributed by atoms with E-state index in [0.717, 1.165) is 22.0 Å². The number of aromatic amines is 1. The summed E-state index contributed by atoms with van der Waals surface area (Å²) in [5.74, 6) is -0.0956. The molecule has 0 radical (unpaired) electrons. The fourth-order valence-corrected chi connectivity index (χ4v) is 3.38. The van der Waals surface area contributed by atoms with Crippen LogP contribution in [0.2, 0.25) is 0 Å². The van der Waals surface area contributed by atoms with E-state index in [1.165, 1.54) is 12.4 Å². The van der Waals surface area contributed by atoms with Gasteiger partial charge in [-0.2, -0.15) is 5.10 Å². The van der Waals surface area contributed by atoms with E-state index in [4.69, 9.17) is 0 Å². The molecule has 0 saturated heterocycles. The number of anilines is 1. The lowest BCUT2D eigenvalue weighted by Crippen LogP contribution is -2.17. The van der Waals surface area contributed by atoms with Crippen molar-refractivity contribution in [2.45, 2.75) is 6.04 Å². The molecule has 0 bridgehead atoms. The predicted molar refractivity (Wildman–Crippen MR) is 110 cm³/mol. The molecule has 0 aliphatic heterocycles. The van der Waals surface area contributed by atoms with E-state index in [0.29, 0.717) is 22.7 Å². The zero-order chi connectivity index (χ0) is 20.5. The minimum atomic E-state index is -0.654. The normalized spacial score (nSPS) is 12.3. The number of rotatable bonds is 5. The number of nitrogens with zero attached hydrogens (tertiary/aromatic N) is 5. The van der Waals surface area contributed by atoms with Crippen LogP contribution in [0.5, 0.6) is 0 Å². The molecule has 8 nitrogen and oxygen atoms in total. The number of hydrogen-bond donors (Lipinski definition) is 3. The number of hydrogen-bond acceptors (Lipinski definition) is 7. The molecule has 1 unspecified atom stereocenters. The summed E-state index contributed by atoms with van der Waals surface area (Å²) >= 11 is 0. The van der Waals surface area contributed by atoms with Crippen molar-refractivity contribution >= 4 is 27.9 Å². The molecule has 30 heavy (non-hydrogen) atoms. The Morgan fingerprint density at radius 2 is 1.97 bits per heavy atom. The Hall–Kier alpha value is -3.98. The lowest BCUT2D eigenvalue weighted by molar-refractivity contribution is 0.273. The van der Waals surface area contributed by atoms with Gasteiger partial charge < -0.3 is 10.4 Å². The molecule has 1 atom stereocenters. The van der Waals surface area contributed by atoms with Gasteiger partial charge >= 0.3 is 0 Å². The fourth-order valence-electron chi connectivity index (χ4n) is 3.38. The lowest BCUT2D eigenvalue weighted by Gasteiger charge is -2.17. The van der Waals surface area contributed by atoms with Crippen LogP contribution in [0.25, 0.3) is 33.2 Å². The third-order valence-corrected chi connectivity index (χ3v) is 4.87. The molecule has 0 fully saturated rings. The Bertz CT molecular complexity index is 1350. The zero-order valence-electron chi connectivity index (χ0n) is 15.6. The van der Waals surface area contributed by atoms with Gasteiger partial charge in [-0.25, -0.2) is 24.3 Å². The number of H-pyrrole nitrogens is 1. The first-order chi connectivity index (χ1) is 14.7. The van der Waals surface area contributed by atoms with Crippen LogP contribution < -0.4 is 5.32 Å². The monoisotopic (exact) mass is 401 g/mol. The van der Waals surface area contributed by atoms with Gasteiger partial charge in [-0.15, -0.1) is 0 Å². The first-order valence-electron chi connectivity index (χ1n) is 9.26. The second-order valence-corrected chi connectivity index (χ2v) is 6.72. The number of halogens is 1. The Balaban J connectivity index is 1.48. The zero-order valence-corrected chi connectivity index (χ0v) is 15.6. The van der Waals surface area contributed by atoms with Crippen LogP contribution in [0, 0.1) is 5.82 Å². The van der Waals surface area contributed by atoms with Gasteiger partial charge in [0.2, 0.25) is 5.95 Å². The minimum Gasteiger partial charge on any atom is -0.394 e. The second-order valence-electron chi connectivity index (χ2n) is 6.72. The summed E-state index contributed by atoms with van der Waals surface area (Å²) in [6, 6.07) is 11.4. The molecular formula is C21H16FN7O. The van der Waals surface area contributed by atoms with E-state index in [2.05, 4.69) is 35.5 Å². The molecule has 5 aromatic rings.